The van der Waals surface area contributed by atoms with Crippen LogP contribution >= 0.6 is 0 Å². The van der Waals surface area contributed by atoms with Crippen LogP contribution in [0.25, 0.3) is 10.9 Å². The van der Waals surface area contributed by atoms with Crippen LogP contribution in [-0.2, 0) is 6.54 Å². The van der Waals surface area contributed by atoms with E-state index in [-0.39, 0.29) is 11.6 Å². The summed E-state index contributed by atoms with van der Waals surface area (Å²) in [5.41, 5.74) is 3.66. The van der Waals surface area contributed by atoms with E-state index in [1.54, 1.807) is 19.1 Å². The van der Waals surface area contributed by atoms with Crippen molar-refractivity contribution in [1.82, 2.24) is 9.99 Å². The molecule has 6 heteroatoms. The maximum Gasteiger partial charge on any atom is 0.300 e. The summed E-state index contributed by atoms with van der Waals surface area (Å²) in [5.74, 6) is 5.11. The average Bonchev–Trinajstić information content (AvgIpc) is 3.03. The Morgan fingerprint density at radius 1 is 1.38 bits per heavy atom. The van der Waals surface area contributed by atoms with Crippen LogP contribution in [0, 0.1) is 12.7 Å². The number of nitrogens with one attached hydrogen (secondary N) is 1. The summed E-state index contributed by atoms with van der Waals surface area (Å²) in [4.78, 5) is 11.5. The first kappa shape index (κ1) is 13.4. The van der Waals surface area contributed by atoms with Crippen LogP contribution < -0.4 is 11.3 Å². The van der Waals surface area contributed by atoms with Crippen molar-refractivity contribution in [2.24, 2.45) is 5.84 Å². The number of carbonyl (C=O) groups is 1. The molecule has 0 aliphatic rings. The van der Waals surface area contributed by atoms with Gasteiger partial charge in [-0.05, 0) is 42.6 Å². The SMILES string of the molecule is Cc1oc(C(=O)NN)cc1Cn1ccc2ccc(F)cc21. The molecule has 0 radical (unpaired) electrons. The zero-order valence-electron chi connectivity index (χ0n) is 11.4. The lowest BCUT2D eigenvalue weighted by molar-refractivity contribution is 0.0924. The molecule has 0 saturated heterocycles. The third-order valence-electron chi connectivity index (χ3n) is 3.45. The van der Waals surface area contributed by atoms with Gasteiger partial charge in [0.15, 0.2) is 5.76 Å². The first-order chi connectivity index (χ1) is 10.1. The molecule has 3 aromatic rings. The second kappa shape index (κ2) is 5.06. The number of amides is 1. The highest BCUT2D eigenvalue weighted by Crippen LogP contribution is 2.21. The van der Waals surface area contributed by atoms with Crippen LogP contribution in [0.3, 0.4) is 0 Å². The lowest BCUT2D eigenvalue weighted by Crippen LogP contribution is -2.29. The van der Waals surface area contributed by atoms with Crippen molar-refractivity contribution in [2.75, 3.05) is 0 Å². The van der Waals surface area contributed by atoms with Crippen molar-refractivity contribution in [2.45, 2.75) is 13.5 Å². The van der Waals surface area contributed by atoms with E-state index in [1.807, 2.05) is 22.3 Å². The van der Waals surface area contributed by atoms with E-state index in [2.05, 4.69) is 0 Å². The van der Waals surface area contributed by atoms with Gasteiger partial charge in [0, 0.05) is 11.8 Å². The Bertz CT molecular complexity index is 820. The van der Waals surface area contributed by atoms with Gasteiger partial charge >= 0.3 is 5.91 Å². The molecule has 0 bridgehead atoms. The molecule has 0 unspecified atom stereocenters. The van der Waals surface area contributed by atoms with Crippen LogP contribution in [0.5, 0.6) is 0 Å². The van der Waals surface area contributed by atoms with Gasteiger partial charge in [-0.15, -0.1) is 0 Å². The second-order valence-corrected chi connectivity index (χ2v) is 4.81. The highest BCUT2D eigenvalue weighted by molar-refractivity contribution is 5.91. The zero-order chi connectivity index (χ0) is 15.0. The van der Waals surface area contributed by atoms with Gasteiger partial charge in [-0.25, -0.2) is 10.2 Å². The minimum absolute atomic E-state index is 0.160. The molecule has 21 heavy (non-hydrogen) atoms. The van der Waals surface area contributed by atoms with E-state index in [1.165, 1.54) is 12.1 Å². The summed E-state index contributed by atoms with van der Waals surface area (Å²) < 4.78 is 20.6. The number of fused-ring (bicyclic) bond motifs is 1. The largest absolute Gasteiger partial charge is 0.456 e. The van der Waals surface area contributed by atoms with Crippen molar-refractivity contribution < 1.29 is 13.6 Å². The molecule has 0 spiro atoms. The molecule has 3 N–H and O–H groups in total. The van der Waals surface area contributed by atoms with Gasteiger partial charge < -0.3 is 8.98 Å². The van der Waals surface area contributed by atoms with Gasteiger partial charge in [-0.2, -0.15) is 0 Å². The molecular weight excluding hydrogens is 273 g/mol. The lowest BCUT2D eigenvalue weighted by atomic mass is 10.2. The summed E-state index contributed by atoms with van der Waals surface area (Å²) in [6, 6.07) is 8.20. The number of benzene rings is 1. The number of rotatable bonds is 3. The Labute approximate surface area is 120 Å². The fourth-order valence-electron chi connectivity index (χ4n) is 2.34. The Hall–Kier alpha value is -2.60. The summed E-state index contributed by atoms with van der Waals surface area (Å²) in [7, 11) is 0. The van der Waals surface area contributed by atoms with Crippen LogP contribution in [-0.4, -0.2) is 10.5 Å². The number of nitrogens with zero attached hydrogens (tertiary/aromatic N) is 1. The van der Waals surface area contributed by atoms with E-state index in [0.717, 1.165) is 16.5 Å². The lowest BCUT2D eigenvalue weighted by Gasteiger charge is -2.04. The van der Waals surface area contributed by atoms with Crippen LogP contribution in [0.2, 0.25) is 0 Å². The third-order valence-corrected chi connectivity index (χ3v) is 3.45. The van der Waals surface area contributed by atoms with Gasteiger partial charge in [0.25, 0.3) is 0 Å². The van der Waals surface area contributed by atoms with Gasteiger partial charge in [0.1, 0.15) is 11.6 Å². The Balaban J connectivity index is 1.97. The number of aromatic nitrogens is 1. The number of nitrogen functional groups attached to an aromatic ring is 1. The predicted molar refractivity (Wildman–Crippen MR) is 76.1 cm³/mol. The topological polar surface area (TPSA) is 73.2 Å². The van der Waals surface area contributed by atoms with Crippen molar-refractivity contribution in [3.8, 4) is 0 Å². The monoisotopic (exact) mass is 287 g/mol. The molecule has 0 atom stereocenters. The van der Waals surface area contributed by atoms with Crippen molar-refractivity contribution >= 4 is 16.8 Å². The number of nitrogens with two attached hydrogens (primary N) is 1. The predicted octanol–water partition coefficient (Wildman–Crippen LogP) is 2.33. The Morgan fingerprint density at radius 2 is 2.19 bits per heavy atom. The molecular formula is C15H14FN3O2. The number of aryl methyl sites for hydroxylation is 1. The molecule has 3 rings (SSSR count). The van der Waals surface area contributed by atoms with Crippen molar-refractivity contribution in [1.29, 1.82) is 0 Å². The fraction of sp³-hybridized carbons (Fsp3) is 0.133. The van der Waals surface area contributed by atoms with Crippen molar-refractivity contribution in [3.63, 3.8) is 0 Å². The number of hydrogen-bond acceptors (Lipinski definition) is 3. The normalized spacial score (nSPS) is 11.0. The average molecular weight is 287 g/mol. The Morgan fingerprint density at radius 3 is 2.95 bits per heavy atom. The van der Waals surface area contributed by atoms with E-state index in [9.17, 15) is 9.18 Å². The van der Waals surface area contributed by atoms with E-state index < -0.39 is 5.91 Å². The first-order valence-electron chi connectivity index (χ1n) is 6.43. The van der Waals surface area contributed by atoms with Gasteiger partial charge in [-0.3, -0.25) is 10.2 Å². The molecule has 0 fully saturated rings. The molecule has 5 nitrogen and oxygen atoms in total. The number of hydrogen-bond donors (Lipinski definition) is 2. The summed E-state index contributed by atoms with van der Waals surface area (Å²) >= 11 is 0. The number of halogens is 1. The first-order valence-corrected chi connectivity index (χ1v) is 6.43. The molecule has 2 aromatic heterocycles. The number of hydrazine groups is 1. The highest BCUT2D eigenvalue weighted by Gasteiger charge is 2.14. The fourth-order valence-corrected chi connectivity index (χ4v) is 2.34. The van der Waals surface area contributed by atoms with Crippen LogP contribution in [0.15, 0.2) is 40.9 Å². The van der Waals surface area contributed by atoms with Gasteiger partial charge in [-0.1, -0.05) is 0 Å². The van der Waals surface area contributed by atoms with E-state index in [0.29, 0.717) is 12.3 Å². The number of furan rings is 1. The number of carbonyl (C=O) groups excluding carboxylic acids is 1. The maximum absolute atomic E-state index is 13.4. The molecule has 1 amide bonds. The minimum Gasteiger partial charge on any atom is -0.456 e. The van der Waals surface area contributed by atoms with Crippen LogP contribution in [0.1, 0.15) is 21.9 Å². The molecule has 0 saturated carbocycles. The van der Waals surface area contributed by atoms with E-state index >= 15 is 0 Å². The maximum atomic E-state index is 13.4. The summed E-state index contributed by atoms with van der Waals surface area (Å²) in [6.45, 7) is 2.26. The minimum atomic E-state index is -0.479. The quantitative estimate of drug-likeness (QED) is 0.441. The van der Waals surface area contributed by atoms with Gasteiger partial charge in [0.2, 0.25) is 0 Å². The molecule has 1 aromatic carbocycles. The molecule has 108 valence electrons. The van der Waals surface area contributed by atoms with Gasteiger partial charge in [0.05, 0.1) is 12.1 Å². The molecule has 0 aliphatic carbocycles. The highest BCUT2D eigenvalue weighted by atomic mass is 19.1. The standard InChI is InChI=1S/C15H14FN3O2/c1-9-11(6-14(21-9)15(20)18-17)8-19-5-4-10-2-3-12(16)7-13(10)19/h2-7H,8,17H2,1H3,(H,18,20). The summed E-state index contributed by atoms with van der Waals surface area (Å²) in [6.07, 6.45) is 1.87. The summed E-state index contributed by atoms with van der Waals surface area (Å²) in [5, 5.41) is 0.956. The Kier molecular flexibility index (Phi) is 3.23. The van der Waals surface area contributed by atoms with Crippen molar-refractivity contribution in [3.05, 3.63) is 59.4 Å². The van der Waals surface area contributed by atoms with E-state index in [4.69, 9.17) is 10.3 Å². The molecule has 2 heterocycles. The smallest absolute Gasteiger partial charge is 0.300 e. The third kappa shape index (κ3) is 2.41. The second-order valence-electron chi connectivity index (χ2n) is 4.81. The molecule has 0 aliphatic heterocycles. The van der Waals surface area contributed by atoms with Crippen LogP contribution in [0.4, 0.5) is 4.39 Å². The zero-order valence-corrected chi connectivity index (χ0v) is 11.4.